The number of hydrogen-bond donors (Lipinski definition) is 0. The molecule has 1 amide bonds. The first-order valence-electron chi connectivity index (χ1n) is 11.0. The van der Waals surface area contributed by atoms with E-state index in [4.69, 9.17) is 16.3 Å². The van der Waals surface area contributed by atoms with Crippen LogP contribution in [0.15, 0.2) is 47.4 Å². The van der Waals surface area contributed by atoms with Crippen molar-refractivity contribution in [1.82, 2.24) is 14.2 Å². The molecule has 0 unspecified atom stereocenters. The van der Waals surface area contributed by atoms with Gasteiger partial charge in [0.1, 0.15) is 0 Å². The van der Waals surface area contributed by atoms with Crippen LogP contribution in [-0.2, 0) is 14.8 Å². The maximum Gasteiger partial charge on any atom is 0.260 e. The number of aromatic nitrogens is 1. The highest BCUT2D eigenvalue weighted by atomic mass is 35.5. The summed E-state index contributed by atoms with van der Waals surface area (Å²) in [5.41, 5.74) is 1.19. The van der Waals surface area contributed by atoms with Crippen molar-refractivity contribution in [1.29, 1.82) is 0 Å². The molecule has 1 aliphatic rings. The molecule has 0 aliphatic carbocycles. The third kappa shape index (κ3) is 6.51. The van der Waals surface area contributed by atoms with E-state index in [1.165, 1.54) is 27.8 Å². The maximum atomic E-state index is 13.5. The van der Waals surface area contributed by atoms with Gasteiger partial charge in [-0.1, -0.05) is 22.9 Å². The number of anilines is 1. The standard InChI is InChI=1S/C23H27ClN4O4S2.ClH/c1-26(2)10-3-11-28(23-25-20-9-6-18(24)16-21(20)33-23)22(29)17-4-7-19(8-5-17)34(30,31)27-12-14-32-15-13-27;/h4-9,16H,3,10-15H2,1-2H3;1H. The molecule has 1 aliphatic heterocycles. The number of carbonyl (C=O) groups is 1. The first-order chi connectivity index (χ1) is 16.3. The number of ether oxygens (including phenoxy) is 1. The zero-order valence-corrected chi connectivity index (χ0v) is 22.7. The van der Waals surface area contributed by atoms with Crippen LogP contribution in [0.5, 0.6) is 0 Å². The Hall–Kier alpha value is -1.79. The van der Waals surface area contributed by atoms with Crippen LogP contribution in [0, 0.1) is 0 Å². The summed E-state index contributed by atoms with van der Waals surface area (Å²) in [6.45, 7) is 2.71. The summed E-state index contributed by atoms with van der Waals surface area (Å²) in [6.07, 6.45) is 0.763. The zero-order chi connectivity index (χ0) is 24.3. The Morgan fingerprint density at radius 2 is 1.80 bits per heavy atom. The van der Waals surface area contributed by atoms with E-state index in [0.717, 1.165) is 23.2 Å². The van der Waals surface area contributed by atoms with Crippen molar-refractivity contribution in [2.24, 2.45) is 0 Å². The van der Waals surface area contributed by atoms with E-state index in [2.05, 4.69) is 9.88 Å². The Morgan fingerprint density at radius 3 is 2.46 bits per heavy atom. The second-order valence-corrected chi connectivity index (χ2v) is 11.6. The van der Waals surface area contributed by atoms with Gasteiger partial charge >= 0.3 is 0 Å². The largest absolute Gasteiger partial charge is 0.379 e. The molecule has 1 fully saturated rings. The molecule has 1 saturated heterocycles. The molecule has 0 N–H and O–H groups in total. The van der Waals surface area contributed by atoms with Crippen molar-refractivity contribution in [2.75, 3.05) is 58.4 Å². The average molecular weight is 560 g/mol. The highest BCUT2D eigenvalue weighted by Gasteiger charge is 2.27. The minimum Gasteiger partial charge on any atom is -0.379 e. The fourth-order valence-corrected chi connectivity index (χ4v) is 6.37. The summed E-state index contributed by atoms with van der Waals surface area (Å²) < 4.78 is 33.4. The van der Waals surface area contributed by atoms with Gasteiger partial charge in [0, 0.05) is 30.2 Å². The van der Waals surface area contributed by atoms with Gasteiger partial charge in [0.25, 0.3) is 5.91 Å². The summed E-state index contributed by atoms with van der Waals surface area (Å²) in [5.74, 6) is -0.223. The van der Waals surface area contributed by atoms with E-state index in [9.17, 15) is 13.2 Å². The van der Waals surface area contributed by atoms with Crippen molar-refractivity contribution in [3.05, 3.63) is 53.1 Å². The summed E-state index contributed by atoms with van der Waals surface area (Å²) >= 11 is 7.53. The number of thiazole rings is 1. The minimum absolute atomic E-state index is 0. The predicted molar refractivity (Wildman–Crippen MR) is 143 cm³/mol. The van der Waals surface area contributed by atoms with Gasteiger partial charge in [-0.15, -0.1) is 12.4 Å². The molecule has 0 atom stereocenters. The number of amides is 1. The van der Waals surface area contributed by atoms with Gasteiger partial charge in [0.15, 0.2) is 5.13 Å². The molecule has 0 saturated carbocycles. The number of benzene rings is 2. The lowest BCUT2D eigenvalue weighted by Crippen LogP contribution is -2.40. The number of nitrogens with zero attached hydrogens (tertiary/aromatic N) is 4. The number of hydrogen-bond acceptors (Lipinski definition) is 7. The summed E-state index contributed by atoms with van der Waals surface area (Å²) in [6, 6.07) is 11.6. The highest BCUT2D eigenvalue weighted by Crippen LogP contribution is 2.32. The van der Waals surface area contributed by atoms with Gasteiger partial charge < -0.3 is 9.64 Å². The van der Waals surface area contributed by atoms with Crippen molar-refractivity contribution >= 4 is 66.6 Å². The molecule has 12 heteroatoms. The van der Waals surface area contributed by atoms with Crippen LogP contribution >= 0.6 is 35.3 Å². The molecule has 1 aromatic heterocycles. The molecule has 4 rings (SSSR count). The van der Waals surface area contributed by atoms with Gasteiger partial charge in [-0.05, 0) is 69.5 Å². The lowest BCUT2D eigenvalue weighted by atomic mass is 10.2. The molecule has 190 valence electrons. The van der Waals surface area contributed by atoms with Gasteiger partial charge in [-0.3, -0.25) is 9.69 Å². The van der Waals surface area contributed by atoms with E-state index in [-0.39, 0.29) is 23.2 Å². The summed E-state index contributed by atoms with van der Waals surface area (Å²) in [4.78, 5) is 22.0. The number of halogens is 2. The Labute approximate surface area is 220 Å². The van der Waals surface area contributed by atoms with Gasteiger partial charge in [0.05, 0.1) is 28.3 Å². The summed E-state index contributed by atoms with van der Waals surface area (Å²) in [5, 5.41) is 1.20. The number of sulfonamides is 1. The second-order valence-electron chi connectivity index (χ2n) is 8.26. The number of morpholine rings is 1. The van der Waals surface area contributed by atoms with Crippen LogP contribution in [0.3, 0.4) is 0 Å². The lowest BCUT2D eigenvalue weighted by Gasteiger charge is -2.26. The van der Waals surface area contributed by atoms with Gasteiger partial charge in [-0.25, -0.2) is 13.4 Å². The Balaban J connectivity index is 0.00000342. The smallest absolute Gasteiger partial charge is 0.260 e. The maximum absolute atomic E-state index is 13.5. The predicted octanol–water partition coefficient (Wildman–Crippen LogP) is 3.99. The lowest BCUT2D eigenvalue weighted by molar-refractivity contribution is 0.0730. The van der Waals surface area contributed by atoms with Gasteiger partial charge in [-0.2, -0.15) is 4.31 Å². The van der Waals surface area contributed by atoms with E-state index >= 15 is 0 Å². The van der Waals surface area contributed by atoms with E-state index in [1.807, 2.05) is 26.2 Å². The Kier molecular flexibility index (Phi) is 9.50. The monoisotopic (exact) mass is 558 g/mol. The molecular formula is C23H28Cl2N4O4S2. The van der Waals surface area contributed by atoms with Crippen molar-refractivity contribution in [3.8, 4) is 0 Å². The van der Waals surface area contributed by atoms with Crippen LogP contribution in [0.2, 0.25) is 5.02 Å². The molecule has 3 aromatic rings. The zero-order valence-electron chi connectivity index (χ0n) is 19.5. The molecule has 8 nitrogen and oxygen atoms in total. The Morgan fingerprint density at radius 1 is 1.11 bits per heavy atom. The van der Waals surface area contributed by atoms with Crippen molar-refractivity contribution in [3.63, 3.8) is 0 Å². The minimum atomic E-state index is -3.62. The first kappa shape index (κ1) is 27.8. The number of rotatable bonds is 8. The SMILES string of the molecule is CN(C)CCCN(C(=O)c1ccc(S(=O)(=O)N2CCOCC2)cc1)c1nc2ccc(Cl)cc2s1.Cl. The fourth-order valence-electron chi connectivity index (χ4n) is 3.69. The van der Waals surface area contributed by atoms with Crippen LogP contribution < -0.4 is 4.90 Å². The molecule has 2 aromatic carbocycles. The normalized spacial score (nSPS) is 14.7. The molecule has 2 heterocycles. The molecule has 0 radical (unpaired) electrons. The van der Waals surface area contributed by atoms with Gasteiger partial charge in [0.2, 0.25) is 10.0 Å². The highest BCUT2D eigenvalue weighted by molar-refractivity contribution is 7.89. The van der Waals surface area contributed by atoms with Crippen LogP contribution in [0.25, 0.3) is 10.2 Å². The summed E-state index contributed by atoms with van der Waals surface area (Å²) in [7, 11) is 0.349. The topological polar surface area (TPSA) is 83.1 Å². The molecule has 0 bridgehead atoms. The fraction of sp³-hybridized carbons (Fsp3) is 0.391. The van der Waals surface area contributed by atoms with Crippen LogP contribution in [-0.4, -0.2) is 82.0 Å². The van der Waals surface area contributed by atoms with Crippen LogP contribution in [0.4, 0.5) is 5.13 Å². The van der Waals surface area contributed by atoms with E-state index in [0.29, 0.717) is 48.6 Å². The first-order valence-corrected chi connectivity index (χ1v) is 13.6. The van der Waals surface area contributed by atoms with E-state index < -0.39 is 10.0 Å². The van der Waals surface area contributed by atoms with Crippen molar-refractivity contribution in [2.45, 2.75) is 11.3 Å². The third-order valence-corrected chi connectivity index (χ3v) is 8.70. The quantitative estimate of drug-likeness (QED) is 0.415. The molecule has 35 heavy (non-hydrogen) atoms. The molecular weight excluding hydrogens is 531 g/mol. The number of carbonyl (C=O) groups excluding carboxylic acids is 1. The average Bonchev–Trinajstić information content (AvgIpc) is 3.24. The second kappa shape index (κ2) is 12.0. The van der Waals surface area contributed by atoms with E-state index in [1.54, 1.807) is 23.1 Å². The third-order valence-electron chi connectivity index (χ3n) is 5.51. The number of fused-ring (bicyclic) bond motifs is 1. The molecule has 0 spiro atoms. The Bertz CT molecular complexity index is 1260. The van der Waals surface area contributed by atoms with Crippen molar-refractivity contribution < 1.29 is 17.9 Å². The van der Waals surface area contributed by atoms with Crippen LogP contribution in [0.1, 0.15) is 16.8 Å².